The molecule has 8 heteroatoms. The van der Waals surface area contributed by atoms with Crippen LogP contribution in [0.3, 0.4) is 0 Å². The van der Waals surface area contributed by atoms with Crippen LogP contribution in [0.2, 0.25) is 0 Å². The molecule has 0 radical (unpaired) electrons. The molecule has 2 N–H and O–H groups in total. The van der Waals surface area contributed by atoms with E-state index < -0.39 is 17.7 Å². The molecule has 164 valence electrons. The van der Waals surface area contributed by atoms with Gasteiger partial charge >= 0.3 is 0 Å². The Labute approximate surface area is 180 Å². The first-order chi connectivity index (χ1) is 15.0. The topological polar surface area (TPSA) is 106 Å². The van der Waals surface area contributed by atoms with Gasteiger partial charge in [0.05, 0.1) is 32.9 Å². The van der Waals surface area contributed by atoms with Crippen molar-refractivity contribution in [2.75, 3.05) is 34.5 Å². The Bertz CT molecular complexity index is 997. The Morgan fingerprint density at radius 2 is 1.61 bits per heavy atom. The van der Waals surface area contributed by atoms with E-state index in [1.165, 1.54) is 26.2 Å². The molecule has 1 heterocycles. The molecule has 2 aromatic rings. The summed E-state index contributed by atoms with van der Waals surface area (Å²) in [6.45, 7) is -0.00569. The van der Waals surface area contributed by atoms with Gasteiger partial charge in [-0.15, -0.1) is 0 Å². The molecule has 1 fully saturated rings. The predicted molar refractivity (Wildman–Crippen MR) is 113 cm³/mol. The number of benzene rings is 2. The quantitative estimate of drug-likeness (QED) is 0.379. The van der Waals surface area contributed by atoms with Crippen molar-refractivity contribution >= 4 is 17.4 Å². The van der Waals surface area contributed by atoms with Crippen LogP contribution in [0.15, 0.2) is 48.0 Å². The second kappa shape index (κ2) is 9.53. The number of amides is 1. The van der Waals surface area contributed by atoms with E-state index in [1.54, 1.807) is 42.5 Å². The lowest BCUT2D eigenvalue weighted by molar-refractivity contribution is -0.140. The number of hydrogen-bond acceptors (Lipinski definition) is 7. The fourth-order valence-corrected chi connectivity index (χ4v) is 3.62. The van der Waals surface area contributed by atoms with Gasteiger partial charge in [-0.05, 0) is 42.8 Å². The normalized spacial score (nSPS) is 17.7. The van der Waals surface area contributed by atoms with E-state index in [0.717, 1.165) is 0 Å². The molecule has 3 rings (SSSR count). The van der Waals surface area contributed by atoms with E-state index in [0.29, 0.717) is 28.4 Å². The van der Waals surface area contributed by atoms with E-state index in [1.807, 2.05) is 0 Å². The predicted octanol–water partition coefficient (Wildman–Crippen LogP) is 2.52. The maximum absolute atomic E-state index is 13.0. The number of ether oxygens (including phenoxy) is 3. The highest BCUT2D eigenvalue weighted by molar-refractivity contribution is 6.46. The molecule has 0 bridgehead atoms. The average molecular weight is 427 g/mol. The van der Waals surface area contributed by atoms with Crippen molar-refractivity contribution < 1.29 is 34.0 Å². The number of likely N-dealkylation sites (tertiary alicyclic amines) is 1. The van der Waals surface area contributed by atoms with Gasteiger partial charge in [-0.2, -0.15) is 0 Å². The lowest BCUT2D eigenvalue weighted by atomic mass is 9.94. The maximum atomic E-state index is 13.0. The summed E-state index contributed by atoms with van der Waals surface area (Å²) in [6, 6.07) is 10.7. The number of rotatable bonds is 8. The minimum atomic E-state index is -0.880. The van der Waals surface area contributed by atoms with Crippen molar-refractivity contribution in [3.63, 3.8) is 0 Å². The van der Waals surface area contributed by atoms with Gasteiger partial charge in [-0.3, -0.25) is 9.59 Å². The minimum Gasteiger partial charge on any atom is -0.507 e. The van der Waals surface area contributed by atoms with Crippen molar-refractivity contribution in [3.8, 4) is 17.2 Å². The molecule has 1 atom stereocenters. The van der Waals surface area contributed by atoms with Gasteiger partial charge in [0.25, 0.3) is 11.7 Å². The van der Waals surface area contributed by atoms with Crippen LogP contribution < -0.4 is 14.2 Å². The zero-order chi connectivity index (χ0) is 22.5. The van der Waals surface area contributed by atoms with Crippen LogP contribution in [-0.2, 0) is 9.59 Å². The molecular formula is C23H25NO7. The molecule has 2 aromatic carbocycles. The SMILES string of the molecule is COc1ccc(C(O)=C2C(=O)C(=O)N(CCCO)C2c2ccc(OC)cc2OC)cc1. The molecule has 0 aromatic heterocycles. The van der Waals surface area contributed by atoms with Crippen molar-refractivity contribution in [2.24, 2.45) is 0 Å². The summed E-state index contributed by atoms with van der Waals surface area (Å²) < 4.78 is 15.9. The monoisotopic (exact) mass is 427 g/mol. The molecular weight excluding hydrogens is 402 g/mol. The zero-order valence-corrected chi connectivity index (χ0v) is 17.6. The number of hydrogen-bond donors (Lipinski definition) is 2. The van der Waals surface area contributed by atoms with Crippen LogP contribution in [0, 0.1) is 0 Å². The molecule has 0 saturated carbocycles. The summed E-state index contributed by atoms with van der Waals surface area (Å²) >= 11 is 0. The second-order valence-corrected chi connectivity index (χ2v) is 6.91. The molecule has 1 aliphatic heterocycles. The first kappa shape index (κ1) is 22.2. The number of methoxy groups -OCH3 is 3. The van der Waals surface area contributed by atoms with Crippen LogP contribution in [-0.4, -0.2) is 61.3 Å². The van der Waals surface area contributed by atoms with Crippen LogP contribution in [0.25, 0.3) is 5.76 Å². The number of Topliss-reactive ketones (excluding diaryl/α,β-unsaturated/α-hetero) is 1. The Morgan fingerprint density at radius 1 is 0.968 bits per heavy atom. The molecule has 1 saturated heterocycles. The van der Waals surface area contributed by atoms with Gasteiger partial charge in [0.1, 0.15) is 23.0 Å². The van der Waals surface area contributed by atoms with Gasteiger partial charge in [0.15, 0.2) is 0 Å². The Morgan fingerprint density at radius 3 is 2.19 bits per heavy atom. The van der Waals surface area contributed by atoms with Crippen LogP contribution >= 0.6 is 0 Å². The average Bonchev–Trinajstić information content (AvgIpc) is 3.06. The molecule has 8 nitrogen and oxygen atoms in total. The van der Waals surface area contributed by atoms with Gasteiger partial charge in [0.2, 0.25) is 0 Å². The highest BCUT2D eigenvalue weighted by Crippen LogP contribution is 2.43. The Hall–Kier alpha value is -3.52. The van der Waals surface area contributed by atoms with Crippen molar-refractivity contribution in [2.45, 2.75) is 12.5 Å². The first-order valence-corrected chi connectivity index (χ1v) is 9.72. The molecule has 1 aliphatic rings. The van der Waals surface area contributed by atoms with Crippen molar-refractivity contribution in [1.29, 1.82) is 0 Å². The van der Waals surface area contributed by atoms with Gasteiger partial charge < -0.3 is 29.3 Å². The lowest BCUT2D eigenvalue weighted by Crippen LogP contribution is -2.31. The third-order valence-corrected chi connectivity index (χ3v) is 5.20. The van der Waals surface area contributed by atoms with Crippen LogP contribution in [0.4, 0.5) is 0 Å². The summed E-state index contributed by atoms with van der Waals surface area (Å²) in [5.41, 5.74) is 0.852. The van der Waals surface area contributed by atoms with E-state index in [9.17, 15) is 19.8 Å². The molecule has 0 spiro atoms. The Kier molecular flexibility index (Phi) is 6.81. The van der Waals surface area contributed by atoms with Crippen LogP contribution in [0.1, 0.15) is 23.6 Å². The fraction of sp³-hybridized carbons (Fsp3) is 0.304. The number of aliphatic hydroxyl groups is 2. The van der Waals surface area contributed by atoms with Gasteiger partial charge in [-0.25, -0.2) is 0 Å². The summed E-state index contributed by atoms with van der Waals surface area (Å²) in [4.78, 5) is 27.1. The second-order valence-electron chi connectivity index (χ2n) is 6.91. The van der Waals surface area contributed by atoms with E-state index in [4.69, 9.17) is 14.2 Å². The number of carbonyl (C=O) groups is 2. The maximum Gasteiger partial charge on any atom is 0.295 e. The summed E-state index contributed by atoms with van der Waals surface area (Å²) in [7, 11) is 4.52. The summed E-state index contributed by atoms with van der Waals surface area (Å²) in [5, 5.41) is 20.3. The molecule has 1 unspecified atom stereocenters. The smallest absolute Gasteiger partial charge is 0.295 e. The largest absolute Gasteiger partial charge is 0.507 e. The summed E-state index contributed by atoms with van der Waals surface area (Å²) in [6.07, 6.45) is 0.282. The number of nitrogens with zero attached hydrogens (tertiary/aromatic N) is 1. The lowest BCUT2D eigenvalue weighted by Gasteiger charge is -2.26. The molecule has 1 amide bonds. The van der Waals surface area contributed by atoms with E-state index in [-0.39, 0.29) is 30.9 Å². The fourth-order valence-electron chi connectivity index (χ4n) is 3.62. The zero-order valence-electron chi connectivity index (χ0n) is 17.6. The van der Waals surface area contributed by atoms with E-state index in [2.05, 4.69) is 0 Å². The standard InChI is InChI=1S/C23H25NO7/c1-29-15-7-5-14(6-8-15)21(26)19-20(24(11-4-12-25)23(28)22(19)27)17-10-9-16(30-2)13-18(17)31-3/h5-10,13,20,25-26H,4,11-12H2,1-3H3. The first-order valence-electron chi connectivity index (χ1n) is 9.72. The van der Waals surface area contributed by atoms with Crippen molar-refractivity contribution in [3.05, 3.63) is 59.2 Å². The number of aliphatic hydroxyl groups excluding tert-OH is 2. The molecule has 31 heavy (non-hydrogen) atoms. The molecule has 0 aliphatic carbocycles. The van der Waals surface area contributed by atoms with Gasteiger partial charge in [0, 0.05) is 30.3 Å². The summed E-state index contributed by atoms with van der Waals surface area (Å²) in [5.74, 6) is -0.298. The third-order valence-electron chi connectivity index (χ3n) is 5.20. The third kappa shape index (κ3) is 4.20. The van der Waals surface area contributed by atoms with Crippen LogP contribution in [0.5, 0.6) is 17.2 Å². The number of carbonyl (C=O) groups excluding carboxylic acids is 2. The van der Waals surface area contributed by atoms with E-state index >= 15 is 0 Å². The Balaban J connectivity index is 2.19. The number of ketones is 1. The minimum absolute atomic E-state index is 0.0448. The highest BCUT2D eigenvalue weighted by atomic mass is 16.5. The van der Waals surface area contributed by atoms with Crippen molar-refractivity contribution in [1.82, 2.24) is 4.90 Å². The highest BCUT2D eigenvalue weighted by Gasteiger charge is 2.46. The van der Waals surface area contributed by atoms with Gasteiger partial charge in [-0.1, -0.05) is 0 Å².